The third-order valence-corrected chi connectivity index (χ3v) is 3.33. The molecule has 0 radical (unpaired) electrons. The Hall–Kier alpha value is -2.04. The molecule has 0 aromatic carbocycles. The summed E-state index contributed by atoms with van der Waals surface area (Å²) in [7, 11) is 5.94. The Morgan fingerprint density at radius 3 is 2.47 bits per heavy atom. The average Bonchev–Trinajstić information content (AvgIpc) is 2.62. The van der Waals surface area contributed by atoms with Crippen molar-refractivity contribution < 1.29 is 0 Å². The number of aryl methyl sites for hydroxylation is 2. The number of hydrogen-bond acceptors (Lipinski definition) is 4. The van der Waals surface area contributed by atoms with E-state index in [0.717, 1.165) is 23.7 Å². The Balaban J connectivity index is 2.06. The second-order valence-electron chi connectivity index (χ2n) is 4.93. The van der Waals surface area contributed by atoms with Gasteiger partial charge in [-0.15, -0.1) is 0 Å². The molecule has 2 aromatic heterocycles. The highest BCUT2D eigenvalue weighted by atomic mass is 15.3. The molecule has 5 nitrogen and oxygen atoms in total. The van der Waals surface area contributed by atoms with E-state index in [-0.39, 0.29) is 0 Å². The van der Waals surface area contributed by atoms with E-state index in [2.05, 4.69) is 22.3 Å². The first-order valence-electron chi connectivity index (χ1n) is 6.35. The molecular formula is C14H21N5. The first-order chi connectivity index (χ1) is 8.99. The van der Waals surface area contributed by atoms with Crippen molar-refractivity contribution in [3.05, 3.63) is 35.3 Å². The molecule has 2 rings (SSSR count). The lowest BCUT2D eigenvalue weighted by Gasteiger charge is -2.12. The minimum absolute atomic E-state index is 0.772. The lowest BCUT2D eigenvalue weighted by molar-refractivity contribution is 0.730. The van der Waals surface area contributed by atoms with Crippen molar-refractivity contribution in [3.8, 4) is 0 Å². The fourth-order valence-corrected chi connectivity index (χ4v) is 2.02. The number of hydrogen-bond donors (Lipinski definition) is 1. The Labute approximate surface area is 114 Å². The minimum atomic E-state index is 0.772. The SMILES string of the molecule is Cc1nn(C)c(C)c1CNc1ccc(N(C)C)nc1. The van der Waals surface area contributed by atoms with Crippen LogP contribution in [0.2, 0.25) is 0 Å². The molecule has 19 heavy (non-hydrogen) atoms. The largest absolute Gasteiger partial charge is 0.380 e. The molecule has 0 aliphatic rings. The predicted molar refractivity (Wildman–Crippen MR) is 78.6 cm³/mol. The van der Waals surface area contributed by atoms with Crippen LogP contribution in [0.1, 0.15) is 17.0 Å². The molecule has 0 spiro atoms. The number of aromatic nitrogens is 3. The molecule has 2 heterocycles. The maximum absolute atomic E-state index is 4.41. The van der Waals surface area contributed by atoms with Gasteiger partial charge in [-0.05, 0) is 26.0 Å². The van der Waals surface area contributed by atoms with E-state index in [4.69, 9.17) is 0 Å². The first kappa shape index (κ1) is 13.4. The van der Waals surface area contributed by atoms with Gasteiger partial charge in [-0.3, -0.25) is 4.68 Å². The smallest absolute Gasteiger partial charge is 0.128 e. The van der Waals surface area contributed by atoms with Crippen molar-refractivity contribution in [2.24, 2.45) is 7.05 Å². The van der Waals surface area contributed by atoms with Crippen molar-refractivity contribution in [2.75, 3.05) is 24.3 Å². The highest BCUT2D eigenvalue weighted by molar-refractivity contribution is 5.48. The van der Waals surface area contributed by atoms with Crippen LogP contribution in [0.25, 0.3) is 0 Å². The zero-order valence-electron chi connectivity index (χ0n) is 12.2. The van der Waals surface area contributed by atoms with E-state index < -0.39 is 0 Å². The summed E-state index contributed by atoms with van der Waals surface area (Å²) in [5.74, 6) is 0.958. The lowest BCUT2D eigenvalue weighted by atomic mass is 10.2. The minimum Gasteiger partial charge on any atom is -0.380 e. The van der Waals surface area contributed by atoms with Gasteiger partial charge >= 0.3 is 0 Å². The second kappa shape index (κ2) is 5.30. The highest BCUT2D eigenvalue weighted by Gasteiger charge is 2.08. The van der Waals surface area contributed by atoms with Crippen LogP contribution in [-0.2, 0) is 13.6 Å². The van der Waals surface area contributed by atoms with Gasteiger partial charge in [-0.25, -0.2) is 4.98 Å². The van der Waals surface area contributed by atoms with E-state index in [1.807, 2.05) is 56.0 Å². The van der Waals surface area contributed by atoms with E-state index >= 15 is 0 Å². The molecule has 0 unspecified atom stereocenters. The number of pyridine rings is 1. The molecule has 1 N–H and O–H groups in total. The second-order valence-corrected chi connectivity index (χ2v) is 4.93. The standard InChI is InChI=1S/C14H21N5/c1-10-13(11(2)19(5)17-10)9-15-12-6-7-14(16-8-12)18(3)4/h6-8,15H,9H2,1-5H3. The summed E-state index contributed by atoms with van der Waals surface area (Å²) in [4.78, 5) is 6.37. The molecule has 5 heteroatoms. The van der Waals surface area contributed by atoms with Crippen molar-refractivity contribution in [1.82, 2.24) is 14.8 Å². The molecule has 0 saturated carbocycles. The van der Waals surface area contributed by atoms with Crippen LogP contribution in [0, 0.1) is 13.8 Å². The number of nitrogens with zero attached hydrogens (tertiary/aromatic N) is 4. The molecule has 0 aliphatic carbocycles. The van der Waals surface area contributed by atoms with Gasteiger partial charge in [-0.2, -0.15) is 5.10 Å². The number of nitrogens with one attached hydrogen (secondary N) is 1. The summed E-state index contributed by atoms with van der Waals surface area (Å²) in [5, 5.41) is 7.80. The third kappa shape index (κ3) is 2.86. The zero-order chi connectivity index (χ0) is 14.0. The first-order valence-corrected chi connectivity index (χ1v) is 6.35. The molecule has 0 bridgehead atoms. The third-order valence-electron chi connectivity index (χ3n) is 3.33. The molecular weight excluding hydrogens is 238 g/mol. The quantitative estimate of drug-likeness (QED) is 0.913. The predicted octanol–water partition coefficient (Wildman–Crippen LogP) is 2.11. The zero-order valence-corrected chi connectivity index (χ0v) is 12.2. The normalized spacial score (nSPS) is 10.6. The molecule has 0 amide bonds. The monoisotopic (exact) mass is 259 g/mol. The summed E-state index contributed by atoms with van der Waals surface area (Å²) in [6.07, 6.45) is 1.86. The van der Waals surface area contributed by atoms with Gasteiger partial charge in [0.15, 0.2) is 0 Å². The van der Waals surface area contributed by atoms with Crippen molar-refractivity contribution >= 4 is 11.5 Å². The molecule has 0 aliphatic heterocycles. The van der Waals surface area contributed by atoms with E-state index in [9.17, 15) is 0 Å². The van der Waals surface area contributed by atoms with Gasteiger partial charge < -0.3 is 10.2 Å². The van der Waals surface area contributed by atoms with E-state index in [1.165, 1.54) is 11.3 Å². The number of anilines is 2. The van der Waals surface area contributed by atoms with Gasteiger partial charge in [0, 0.05) is 38.9 Å². The van der Waals surface area contributed by atoms with Gasteiger partial charge in [0.2, 0.25) is 0 Å². The van der Waals surface area contributed by atoms with Crippen LogP contribution in [0.4, 0.5) is 11.5 Å². The Bertz CT molecular complexity index is 554. The fraction of sp³-hybridized carbons (Fsp3) is 0.429. The maximum atomic E-state index is 4.41. The number of rotatable bonds is 4. The van der Waals surface area contributed by atoms with Crippen LogP contribution in [0.5, 0.6) is 0 Å². The molecule has 102 valence electrons. The molecule has 0 saturated heterocycles. The van der Waals surface area contributed by atoms with E-state index in [0.29, 0.717) is 0 Å². The van der Waals surface area contributed by atoms with Gasteiger partial charge in [0.1, 0.15) is 5.82 Å². The maximum Gasteiger partial charge on any atom is 0.128 e. The summed E-state index contributed by atoms with van der Waals surface area (Å²) < 4.78 is 1.92. The van der Waals surface area contributed by atoms with Gasteiger partial charge in [0.05, 0.1) is 17.6 Å². The van der Waals surface area contributed by atoms with Gasteiger partial charge in [0.25, 0.3) is 0 Å². The van der Waals surface area contributed by atoms with Crippen molar-refractivity contribution in [1.29, 1.82) is 0 Å². The molecule has 0 atom stereocenters. The van der Waals surface area contributed by atoms with Crippen LogP contribution in [0.3, 0.4) is 0 Å². The molecule has 0 fully saturated rings. The summed E-state index contributed by atoms with van der Waals surface area (Å²) in [6, 6.07) is 4.05. The summed E-state index contributed by atoms with van der Waals surface area (Å²) >= 11 is 0. The van der Waals surface area contributed by atoms with Gasteiger partial charge in [-0.1, -0.05) is 0 Å². The van der Waals surface area contributed by atoms with Crippen molar-refractivity contribution in [2.45, 2.75) is 20.4 Å². The topological polar surface area (TPSA) is 46.0 Å². The lowest BCUT2D eigenvalue weighted by Crippen LogP contribution is -2.10. The van der Waals surface area contributed by atoms with Crippen LogP contribution < -0.4 is 10.2 Å². The Kier molecular flexibility index (Phi) is 3.74. The van der Waals surface area contributed by atoms with Crippen LogP contribution >= 0.6 is 0 Å². The summed E-state index contributed by atoms with van der Waals surface area (Å²) in [5.41, 5.74) is 4.54. The van der Waals surface area contributed by atoms with Crippen LogP contribution in [-0.4, -0.2) is 28.9 Å². The Morgan fingerprint density at radius 2 is 2.00 bits per heavy atom. The average molecular weight is 259 g/mol. The van der Waals surface area contributed by atoms with Crippen molar-refractivity contribution in [3.63, 3.8) is 0 Å². The highest BCUT2D eigenvalue weighted by Crippen LogP contribution is 2.16. The van der Waals surface area contributed by atoms with Crippen LogP contribution in [0.15, 0.2) is 18.3 Å². The Morgan fingerprint density at radius 1 is 1.26 bits per heavy atom. The molecule has 2 aromatic rings. The summed E-state index contributed by atoms with van der Waals surface area (Å²) in [6.45, 7) is 4.90. The fourth-order valence-electron chi connectivity index (χ4n) is 2.02. The van der Waals surface area contributed by atoms with E-state index in [1.54, 1.807) is 0 Å².